The van der Waals surface area contributed by atoms with Gasteiger partial charge in [0, 0.05) is 46.5 Å². The Balaban J connectivity index is 1.86. The number of aldehydes is 1. The standard InChI is InChI=1S/C26H23N3O3/c1-27-12-17-18(13-30)24-16-7-3-5-9-20(16)29-22-11-14(31)10-21(32-22)28-19-8-4-2-6-15(19)23(17)25(28)26(24)29/h2-9,13-14,21-22,27,31H,10-12H2,1H3. The summed E-state index contributed by atoms with van der Waals surface area (Å²) in [6.45, 7) is 0.589. The Bertz CT molecular complexity index is 1580. The maximum atomic E-state index is 12.6. The minimum Gasteiger partial charge on any atom is -0.393 e. The van der Waals surface area contributed by atoms with Gasteiger partial charge in [0.2, 0.25) is 0 Å². The van der Waals surface area contributed by atoms with E-state index in [1.807, 2.05) is 31.3 Å². The van der Waals surface area contributed by atoms with E-state index in [1.165, 1.54) is 0 Å². The van der Waals surface area contributed by atoms with Crippen LogP contribution in [0.4, 0.5) is 0 Å². The maximum absolute atomic E-state index is 12.6. The molecule has 2 N–H and O–H groups in total. The second-order valence-corrected chi connectivity index (χ2v) is 8.93. The number of aliphatic hydroxyl groups is 1. The smallest absolute Gasteiger partial charge is 0.151 e. The van der Waals surface area contributed by atoms with E-state index in [-0.39, 0.29) is 12.5 Å². The van der Waals surface area contributed by atoms with Crippen LogP contribution in [-0.2, 0) is 11.3 Å². The molecule has 1 fully saturated rings. The third-order valence-electron chi connectivity index (χ3n) is 7.25. The number of para-hydroxylation sites is 2. The van der Waals surface area contributed by atoms with Gasteiger partial charge >= 0.3 is 0 Å². The van der Waals surface area contributed by atoms with Gasteiger partial charge in [0.05, 0.1) is 28.2 Å². The van der Waals surface area contributed by atoms with Crippen molar-refractivity contribution in [2.75, 3.05) is 7.05 Å². The summed E-state index contributed by atoms with van der Waals surface area (Å²) in [6.07, 6.45) is 1.08. The van der Waals surface area contributed by atoms with Crippen molar-refractivity contribution in [2.45, 2.75) is 37.9 Å². The molecule has 0 aliphatic carbocycles. The van der Waals surface area contributed by atoms with Gasteiger partial charge in [0.25, 0.3) is 0 Å². The van der Waals surface area contributed by atoms with Crippen LogP contribution in [0.25, 0.3) is 43.6 Å². The lowest BCUT2D eigenvalue weighted by Gasteiger charge is -2.33. The summed E-state index contributed by atoms with van der Waals surface area (Å²) in [5, 5.41) is 18.3. The molecule has 6 nitrogen and oxygen atoms in total. The van der Waals surface area contributed by atoms with E-state index in [2.05, 4.69) is 38.7 Å². The van der Waals surface area contributed by atoms with Crippen molar-refractivity contribution < 1.29 is 14.6 Å². The number of hydrogen-bond acceptors (Lipinski definition) is 4. The predicted molar refractivity (Wildman–Crippen MR) is 125 cm³/mol. The number of carbonyl (C=O) groups excluding carboxylic acids is 1. The van der Waals surface area contributed by atoms with E-state index in [4.69, 9.17) is 4.74 Å². The SMILES string of the molecule is CNCc1c(C=O)c2c3ccccc3n3c2c2c1c1ccccc1n2C1CC(O)CC3O1. The molecule has 6 heteroatoms. The van der Waals surface area contributed by atoms with E-state index >= 15 is 0 Å². The van der Waals surface area contributed by atoms with Crippen molar-refractivity contribution in [3.05, 3.63) is 59.7 Å². The fourth-order valence-electron chi connectivity index (χ4n) is 6.13. The van der Waals surface area contributed by atoms with Gasteiger partial charge in [-0.05, 0) is 24.7 Å². The topological polar surface area (TPSA) is 68.4 Å². The van der Waals surface area contributed by atoms with Gasteiger partial charge in [-0.1, -0.05) is 36.4 Å². The first-order valence-corrected chi connectivity index (χ1v) is 11.2. The Hall–Kier alpha value is -3.19. The first-order chi connectivity index (χ1) is 15.7. The third-order valence-corrected chi connectivity index (χ3v) is 7.25. The van der Waals surface area contributed by atoms with Gasteiger partial charge in [-0.25, -0.2) is 0 Å². The highest BCUT2D eigenvalue weighted by Crippen LogP contribution is 2.50. The quantitative estimate of drug-likeness (QED) is 0.414. The second-order valence-electron chi connectivity index (χ2n) is 8.93. The molecule has 4 heterocycles. The van der Waals surface area contributed by atoms with Crippen molar-refractivity contribution >= 4 is 49.9 Å². The molecule has 2 aromatic heterocycles. The van der Waals surface area contributed by atoms with Crippen LogP contribution in [0.15, 0.2) is 48.5 Å². The Labute approximate surface area is 184 Å². The molecule has 0 amide bonds. The number of carbonyl (C=O) groups is 1. The molecular formula is C26H23N3O3. The van der Waals surface area contributed by atoms with E-state index < -0.39 is 6.10 Å². The summed E-state index contributed by atoms with van der Waals surface area (Å²) in [7, 11) is 1.91. The van der Waals surface area contributed by atoms with Crippen LogP contribution >= 0.6 is 0 Å². The lowest BCUT2D eigenvalue weighted by atomic mass is 9.95. The number of benzene rings is 3. The first-order valence-electron chi connectivity index (χ1n) is 11.2. The Morgan fingerprint density at radius 2 is 1.53 bits per heavy atom. The lowest BCUT2D eigenvalue weighted by molar-refractivity contribution is -0.151. The molecule has 2 aliphatic rings. The second kappa shape index (κ2) is 6.42. The summed E-state index contributed by atoms with van der Waals surface area (Å²) in [5.41, 5.74) is 5.97. The number of nitrogens with one attached hydrogen (secondary N) is 1. The van der Waals surface area contributed by atoms with Gasteiger partial charge in [0.15, 0.2) is 6.29 Å². The summed E-state index contributed by atoms with van der Waals surface area (Å²) >= 11 is 0. The molecule has 3 aromatic carbocycles. The van der Waals surface area contributed by atoms with Crippen LogP contribution in [0.3, 0.4) is 0 Å². The van der Waals surface area contributed by atoms with Crippen LogP contribution < -0.4 is 5.32 Å². The summed E-state index contributed by atoms with van der Waals surface area (Å²) in [6, 6.07) is 16.5. The minimum atomic E-state index is -0.456. The molecule has 0 saturated carbocycles. The molecule has 3 unspecified atom stereocenters. The van der Waals surface area contributed by atoms with Crippen LogP contribution in [0.5, 0.6) is 0 Å². The van der Waals surface area contributed by atoms with Crippen molar-refractivity contribution in [3.8, 4) is 0 Å². The largest absolute Gasteiger partial charge is 0.393 e. The maximum Gasteiger partial charge on any atom is 0.151 e. The van der Waals surface area contributed by atoms with Crippen LogP contribution in [0.2, 0.25) is 0 Å². The molecule has 2 aliphatic heterocycles. The van der Waals surface area contributed by atoms with Gasteiger partial charge in [-0.3, -0.25) is 4.79 Å². The first kappa shape index (κ1) is 18.4. The molecule has 1 saturated heterocycles. The molecule has 5 aromatic rings. The number of aromatic nitrogens is 2. The van der Waals surface area contributed by atoms with Gasteiger partial charge < -0.3 is 24.3 Å². The molecule has 0 radical (unpaired) electrons. The van der Waals surface area contributed by atoms with Gasteiger partial charge in [0.1, 0.15) is 12.5 Å². The number of nitrogens with zero attached hydrogens (tertiary/aromatic N) is 2. The Morgan fingerprint density at radius 1 is 0.969 bits per heavy atom. The fourth-order valence-corrected chi connectivity index (χ4v) is 6.13. The van der Waals surface area contributed by atoms with Crippen molar-refractivity contribution in [1.82, 2.24) is 14.5 Å². The highest BCUT2D eigenvalue weighted by molar-refractivity contribution is 6.28. The van der Waals surface area contributed by atoms with Crippen molar-refractivity contribution in [2.24, 2.45) is 0 Å². The zero-order valence-electron chi connectivity index (χ0n) is 17.7. The van der Waals surface area contributed by atoms with Crippen LogP contribution in [0, 0.1) is 0 Å². The molecule has 7 rings (SSSR count). The molecule has 2 bridgehead atoms. The monoisotopic (exact) mass is 425 g/mol. The Kier molecular flexibility index (Phi) is 3.69. The van der Waals surface area contributed by atoms with Crippen molar-refractivity contribution in [1.29, 1.82) is 0 Å². The Morgan fingerprint density at radius 3 is 2.12 bits per heavy atom. The van der Waals surface area contributed by atoms with E-state index in [9.17, 15) is 9.90 Å². The number of fused-ring (bicyclic) bond motifs is 10. The summed E-state index contributed by atoms with van der Waals surface area (Å²) in [5.74, 6) is 0. The zero-order valence-corrected chi connectivity index (χ0v) is 17.7. The fraction of sp³-hybridized carbons (Fsp3) is 0.269. The zero-order chi connectivity index (χ0) is 21.6. The average Bonchev–Trinajstić information content (AvgIpc) is 3.29. The van der Waals surface area contributed by atoms with E-state index in [0.717, 1.165) is 61.0 Å². The average molecular weight is 425 g/mol. The van der Waals surface area contributed by atoms with Gasteiger partial charge in [-0.2, -0.15) is 0 Å². The highest BCUT2D eigenvalue weighted by Gasteiger charge is 2.38. The predicted octanol–water partition coefficient (Wildman–Crippen LogP) is 4.62. The number of aliphatic hydroxyl groups excluding tert-OH is 1. The number of hydrogen-bond donors (Lipinski definition) is 2. The molecular weight excluding hydrogens is 402 g/mol. The lowest BCUT2D eigenvalue weighted by Crippen LogP contribution is -2.30. The minimum absolute atomic E-state index is 0.266. The summed E-state index contributed by atoms with van der Waals surface area (Å²) in [4.78, 5) is 12.6. The third kappa shape index (κ3) is 2.12. The summed E-state index contributed by atoms with van der Waals surface area (Å²) < 4.78 is 11.1. The number of rotatable bonds is 3. The molecule has 0 spiro atoms. The van der Waals surface area contributed by atoms with E-state index in [1.54, 1.807) is 0 Å². The van der Waals surface area contributed by atoms with E-state index in [0.29, 0.717) is 19.4 Å². The number of ether oxygens (including phenoxy) is 1. The van der Waals surface area contributed by atoms with Crippen molar-refractivity contribution in [3.63, 3.8) is 0 Å². The van der Waals surface area contributed by atoms with Gasteiger partial charge in [-0.15, -0.1) is 0 Å². The van der Waals surface area contributed by atoms with Crippen LogP contribution in [-0.4, -0.2) is 33.7 Å². The molecule has 160 valence electrons. The highest BCUT2D eigenvalue weighted by atomic mass is 16.5. The molecule has 3 atom stereocenters. The molecule has 32 heavy (non-hydrogen) atoms. The van der Waals surface area contributed by atoms with Crippen LogP contribution in [0.1, 0.15) is 41.2 Å². The normalized spacial score (nSPS) is 22.4.